The van der Waals surface area contributed by atoms with E-state index in [-0.39, 0.29) is 21.3 Å². The van der Waals surface area contributed by atoms with E-state index in [4.69, 9.17) is 34.0 Å². The van der Waals surface area contributed by atoms with Crippen molar-refractivity contribution in [2.24, 2.45) is 0 Å². The van der Waals surface area contributed by atoms with Crippen molar-refractivity contribution in [3.63, 3.8) is 0 Å². The first-order valence-corrected chi connectivity index (χ1v) is 3.90. The van der Waals surface area contributed by atoms with E-state index >= 15 is 0 Å². The van der Waals surface area contributed by atoms with Gasteiger partial charge in [-0.1, -0.05) is 23.2 Å². The van der Waals surface area contributed by atoms with Crippen molar-refractivity contribution in [3.05, 3.63) is 21.7 Å². The summed E-state index contributed by atoms with van der Waals surface area (Å²) in [6, 6.07) is 1.04. The average Bonchev–Trinajstić information content (AvgIpc) is 2.07. The van der Waals surface area contributed by atoms with Gasteiger partial charge in [0.15, 0.2) is 5.75 Å². The van der Waals surface area contributed by atoms with Gasteiger partial charge in [-0.2, -0.15) is 0 Å². The molecule has 0 saturated carbocycles. The Hall–Kier alpha value is -1.13. The smallest absolute Gasteiger partial charge is 0.339 e. The van der Waals surface area contributed by atoms with Gasteiger partial charge in [-0.05, 0) is 6.07 Å². The van der Waals surface area contributed by atoms with Crippen molar-refractivity contribution in [1.82, 2.24) is 0 Å². The van der Waals surface area contributed by atoms with Gasteiger partial charge in [-0.15, -0.1) is 0 Å². The predicted octanol–water partition coefficient (Wildman–Crippen LogP) is 1.98. The minimum Gasteiger partial charge on any atom is -0.505 e. The van der Waals surface area contributed by atoms with Crippen molar-refractivity contribution in [3.8, 4) is 5.75 Å². The minimum atomic E-state index is -1.32. The van der Waals surface area contributed by atoms with Crippen molar-refractivity contribution >= 4 is 34.9 Å². The second-order valence-electron chi connectivity index (χ2n) is 2.29. The normalized spacial score (nSPS) is 10.0. The lowest BCUT2D eigenvalue weighted by Crippen LogP contribution is -1.99. The van der Waals surface area contributed by atoms with Crippen LogP contribution >= 0.6 is 23.2 Å². The van der Waals surface area contributed by atoms with Crippen LogP contribution in [0.2, 0.25) is 10.0 Å². The molecule has 0 bridgehead atoms. The number of aromatic hydroxyl groups is 1. The van der Waals surface area contributed by atoms with Crippen molar-refractivity contribution < 1.29 is 15.0 Å². The summed E-state index contributed by atoms with van der Waals surface area (Å²) in [5.74, 6) is -1.89. The van der Waals surface area contributed by atoms with Gasteiger partial charge in [-0.3, -0.25) is 0 Å². The number of nitrogens with two attached hydrogens (primary N) is 1. The Labute approximate surface area is 83.5 Å². The van der Waals surface area contributed by atoms with Crippen LogP contribution in [0.25, 0.3) is 0 Å². The van der Waals surface area contributed by atoms with Crippen LogP contribution in [0.5, 0.6) is 5.75 Å². The molecule has 0 saturated heterocycles. The van der Waals surface area contributed by atoms with Crippen LogP contribution in [0.1, 0.15) is 10.4 Å². The fourth-order valence-electron chi connectivity index (χ4n) is 0.786. The first-order chi connectivity index (χ1) is 5.95. The van der Waals surface area contributed by atoms with Crippen molar-refractivity contribution in [2.75, 3.05) is 5.73 Å². The molecule has 0 aliphatic rings. The molecule has 1 aromatic carbocycles. The monoisotopic (exact) mass is 221 g/mol. The molecule has 0 aliphatic carbocycles. The Bertz CT molecular complexity index is 378. The molecule has 6 heteroatoms. The Kier molecular flexibility index (Phi) is 2.54. The fraction of sp³-hybridized carbons (Fsp3) is 0. The van der Waals surface area contributed by atoms with Crippen LogP contribution in [0, 0.1) is 0 Å². The zero-order chi connectivity index (χ0) is 10.2. The molecule has 0 spiro atoms. The lowest BCUT2D eigenvalue weighted by molar-refractivity contribution is 0.0694. The summed E-state index contributed by atoms with van der Waals surface area (Å²) in [5, 5.41) is 17.6. The van der Waals surface area contributed by atoms with Gasteiger partial charge >= 0.3 is 5.97 Å². The molecule has 0 atom stereocenters. The summed E-state index contributed by atoms with van der Waals surface area (Å²) in [6.45, 7) is 0. The topological polar surface area (TPSA) is 83.6 Å². The van der Waals surface area contributed by atoms with E-state index in [0.717, 1.165) is 6.07 Å². The zero-order valence-electron chi connectivity index (χ0n) is 6.21. The molecule has 13 heavy (non-hydrogen) atoms. The molecule has 1 aromatic rings. The number of halogens is 2. The third kappa shape index (κ3) is 1.64. The van der Waals surface area contributed by atoms with Gasteiger partial charge in [0.25, 0.3) is 0 Å². The Morgan fingerprint density at radius 1 is 1.46 bits per heavy atom. The first-order valence-electron chi connectivity index (χ1n) is 3.15. The van der Waals surface area contributed by atoms with E-state index in [9.17, 15) is 9.90 Å². The van der Waals surface area contributed by atoms with Crippen LogP contribution in [0.3, 0.4) is 0 Å². The lowest BCUT2D eigenvalue weighted by atomic mass is 10.2. The number of benzene rings is 1. The van der Waals surface area contributed by atoms with Crippen LogP contribution in [0.4, 0.5) is 5.69 Å². The summed E-state index contributed by atoms with van der Waals surface area (Å²) in [5.41, 5.74) is 4.93. The summed E-state index contributed by atoms with van der Waals surface area (Å²) in [6.07, 6.45) is 0. The summed E-state index contributed by atoms with van der Waals surface area (Å²) >= 11 is 11.1. The van der Waals surface area contributed by atoms with Gasteiger partial charge in [-0.25, -0.2) is 4.79 Å². The van der Waals surface area contributed by atoms with Crippen LogP contribution in [-0.2, 0) is 0 Å². The number of carbonyl (C=O) groups is 1. The number of carboxylic acids is 1. The molecule has 70 valence electrons. The highest BCUT2D eigenvalue weighted by atomic mass is 35.5. The van der Waals surface area contributed by atoms with Crippen molar-refractivity contribution in [2.45, 2.75) is 0 Å². The highest BCUT2D eigenvalue weighted by Crippen LogP contribution is 2.37. The number of carboxylic acid groups (broad SMARTS) is 1. The average molecular weight is 222 g/mol. The number of hydrogen-bond acceptors (Lipinski definition) is 3. The summed E-state index contributed by atoms with van der Waals surface area (Å²) in [4.78, 5) is 10.5. The number of hydrogen-bond donors (Lipinski definition) is 3. The molecule has 0 fully saturated rings. The molecule has 0 unspecified atom stereocenters. The second kappa shape index (κ2) is 3.32. The maximum atomic E-state index is 10.5. The lowest BCUT2D eigenvalue weighted by Gasteiger charge is -2.06. The largest absolute Gasteiger partial charge is 0.505 e. The zero-order valence-corrected chi connectivity index (χ0v) is 7.73. The molecule has 1 rings (SSSR count). The quantitative estimate of drug-likeness (QED) is 0.634. The minimum absolute atomic E-state index is 0.000185. The van der Waals surface area contributed by atoms with Crippen LogP contribution < -0.4 is 5.73 Å². The molecular weight excluding hydrogens is 217 g/mol. The van der Waals surface area contributed by atoms with E-state index < -0.39 is 11.7 Å². The molecule has 0 radical (unpaired) electrons. The standard InChI is InChI=1S/C7H5Cl2NO3/c8-3-1-2(7(12)13)6(11)4(9)5(3)10/h1,11H,10H2,(H,12,13). The highest BCUT2D eigenvalue weighted by Gasteiger charge is 2.17. The van der Waals surface area contributed by atoms with E-state index in [1.165, 1.54) is 0 Å². The Morgan fingerprint density at radius 2 is 2.00 bits per heavy atom. The molecule has 0 aromatic heterocycles. The van der Waals surface area contributed by atoms with Crippen molar-refractivity contribution in [1.29, 1.82) is 0 Å². The number of anilines is 1. The molecule has 0 aliphatic heterocycles. The van der Waals surface area contributed by atoms with Gasteiger partial charge < -0.3 is 15.9 Å². The van der Waals surface area contributed by atoms with Gasteiger partial charge in [0, 0.05) is 0 Å². The predicted molar refractivity (Wildman–Crippen MR) is 49.5 cm³/mol. The third-order valence-corrected chi connectivity index (χ3v) is 2.15. The van der Waals surface area contributed by atoms with Gasteiger partial charge in [0.05, 0.1) is 10.7 Å². The molecule has 4 nitrogen and oxygen atoms in total. The number of nitrogen functional groups attached to an aromatic ring is 1. The highest BCUT2D eigenvalue weighted by molar-refractivity contribution is 6.40. The Morgan fingerprint density at radius 3 is 2.46 bits per heavy atom. The second-order valence-corrected chi connectivity index (χ2v) is 3.07. The maximum absolute atomic E-state index is 10.5. The maximum Gasteiger partial charge on any atom is 0.339 e. The number of rotatable bonds is 1. The fourth-order valence-corrected chi connectivity index (χ4v) is 1.24. The van der Waals surface area contributed by atoms with Crippen LogP contribution in [0.15, 0.2) is 6.07 Å². The molecule has 0 amide bonds. The first kappa shape index (κ1) is 9.95. The van der Waals surface area contributed by atoms with Gasteiger partial charge in [0.1, 0.15) is 10.6 Å². The van der Waals surface area contributed by atoms with E-state index in [1.54, 1.807) is 0 Å². The molecular formula is C7H5Cl2NO3. The van der Waals surface area contributed by atoms with E-state index in [0.29, 0.717) is 0 Å². The van der Waals surface area contributed by atoms with E-state index in [2.05, 4.69) is 0 Å². The summed E-state index contributed by atoms with van der Waals surface area (Å²) in [7, 11) is 0. The van der Waals surface area contributed by atoms with E-state index in [1.807, 2.05) is 0 Å². The molecule has 4 N–H and O–H groups in total. The molecule has 0 heterocycles. The number of phenols is 1. The SMILES string of the molecule is Nc1c(Cl)cc(C(=O)O)c(O)c1Cl. The van der Waals surface area contributed by atoms with Crippen LogP contribution in [-0.4, -0.2) is 16.2 Å². The third-order valence-electron chi connectivity index (χ3n) is 1.46. The summed E-state index contributed by atoms with van der Waals surface area (Å²) < 4.78 is 0. The number of aromatic carboxylic acids is 1. The Balaban J connectivity index is 3.50. The van der Waals surface area contributed by atoms with Gasteiger partial charge in [0.2, 0.25) is 0 Å².